The normalized spacial score (nSPS) is 20.8. The molecule has 1 aliphatic carbocycles. The second-order valence-corrected chi connectivity index (χ2v) is 7.21. The quantitative estimate of drug-likeness (QED) is 0.891. The van der Waals surface area contributed by atoms with Crippen LogP contribution in [0.4, 0.5) is 0 Å². The first-order valence-electron chi connectivity index (χ1n) is 8.93. The molecule has 1 fully saturated rings. The highest BCUT2D eigenvalue weighted by Crippen LogP contribution is 2.45. The lowest BCUT2D eigenvalue weighted by Crippen LogP contribution is -2.28. The lowest BCUT2D eigenvalue weighted by Gasteiger charge is -2.24. The molecule has 2 aromatic rings. The zero-order valence-corrected chi connectivity index (χ0v) is 15.0. The Bertz CT molecular complexity index is 874. The molecule has 0 bridgehead atoms. The van der Waals surface area contributed by atoms with E-state index in [-0.39, 0.29) is 17.9 Å². The van der Waals surface area contributed by atoms with E-state index in [4.69, 9.17) is 4.74 Å². The van der Waals surface area contributed by atoms with Crippen LogP contribution in [0.1, 0.15) is 51.6 Å². The molecule has 2 N–H and O–H groups in total. The number of carbonyl (C=O) groups is 2. The van der Waals surface area contributed by atoms with Gasteiger partial charge in [-0.25, -0.2) is 0 Å². The van der Waals surface area contributed by atoms with Gasteiger partial charge in [-0.2, -0.15) is 0 Å². The van der Waals surface area contributed by atoms with Gasteiger partial charge in [0.05, 0.1) is 11.0 Å². The molecule has 5 heteroatoms. The molecular formula is C21H22N2O3. The Morgan fingerprint density at radius 3 is 2.50 bits per heavy atom. The van der Waals surface area contributed by atoms with Gasteiger partial charge in [0.2, 0.25) is 0 Å². The molecule has 1 saturated carbocycles. The van der Waals surface area contributed by atoms with Crippen LogP contribution in [-0.2, 0) is 5.41 Å². The summed E-state index contributed by atoms with van der Waals surface area (Å²) in [5.41, 5.74) is 2.48. The average Bonchev–Trinajstić information content (AvgIpc) is 3.42. The molecule has 134 valence electrons. The Morgan fingerprint density at radius 2 is 1.85 bits per heavy atom. The SMILES string of the molecule is CNC(=O)c1cc(C(=O)NC2CC2)cc2c1OC[C@@]2(C)c1ccccc1. The van der Waals surface area contributed by atoms with Crippen molar-refractivity contribution in [1.29, 1.82) is 0 Å². The number of carbonyl (C=O) groups excluding carboxylic acids is 2. The molecule has 2 amide bonds. The summed E-state index contributed by atoms with van der Waals surface area (Å²) in [4.78, 5) is 25.0. The van der Waals surface area contributed by atoms with Crippen molar-refractivity contribution in [2.45, 2.75) is 31.2 Å². The lowest BCUT2D eigenvalue weighted by atomic mass is 9.77. The third kappa shape index (κ3) is 2.73. The Balaban J connectivity index is 1.84. The fraction of sp³-hybridized carbons (Fsp3) is 0.333. The van der Waals surface area contributed by atoms with Crippen molar-refractivity contribution in [2.75, 3.05) is 13.7 Å². The predicted molar refractivity (Wildman–Crippen MR) is 98.7 cm³/mol. The van der Waals surface area contributed by atoms with Gasteiger partial charge in [0.1, 0.15) is 12.4 Å². The summed E-state index contributed by atoms with van der Waals surface area (Å²) in [5, 5.41) is 5.65. The van der Waals surface area contributed by atoms with Crippen LogP contribution in [0.15, 0.2) is 42.5 Å². The van der Waals surface area contributed by atoms with Crippen molar-refractivity contribution in [3.8, 4) is 5.75 Å². The number of hydrogen-bond donors (Lipinski definition) is 2. The van der Waals surface area contributed by atoms with Crippen LogP contribution in [0.3, 0.4) is 0 Å². The molecule has 2 aromatic carbocycles. The van der Waals surface area contributed by atoms with Crippen molar-refractivity contribution in [1.82, 2.24) is 10.6 Å². The smallest absolute Gasteiger partial charge is 0.254 e. The topological polar surface area (TPSA) is 67.4 Å². The Kier molecular flexibility index (Phi) is 3.94. The Hall–Kier alpha value is -2.82. The van der Waals surface area contributed by atoms with Gasteiger partial charge in [0.15, 0.2) is 0 Å². The van der Waals surface area contributed by atoms with Gasteiger partial charge in [-0.1, -0.05) is 30.3 Å². The van der Waals surface area contributed by atoms with E-state index in [0.717, 1.165) is 24.0 Å². The van der Waals surface area contributed by atoms with Crippen LogP contribution in [0.25, 0.3) is 0 Å². The standard InChI is InChI=1S/C21H22N2O3/c1-21(14-6-4-3-5-7-14)12-26-18-16(20(25)22-2)10-13(11-17(18)21)19(24)23-15-8-9-15/h3-7,10-11,15H,8-9,12H2,1-2H3,(H,22,25)(H,23,24)/t21-/m0/s1. The van der Waals surface area contributed by atoms with E-state index in [0.29, 0.717) is 23.5 Å². The highest BCUT2D eigenvalue weighted by Gasteiger charge is 2.41. The third-order valence-corrected chi connectivity index (χ3v) is 5.25. The first-order valence-corrected chi connectivity index (χ1v) is 8.93. The highest BCUT2D eigenvalue weighted by molar-refractivity contribution is 6.02. The fourth-order valence-electron chi connectivity index (χ4n) is 3.46. The highest BCUT2D eigenvalue weighted by atomic mass is 16.5. The molecule has 0 spiro atoms. The maximum atomic E-state index is 12.6. The summed E-state index contributed by atoms with van der Waals surface area (Å²) in [7, 11) is 1.58. The molecule has 26 heavy (non-hydrogen) atoms. The lowest BCUT2D eigenvalue weighted by molar-refractivity contribution is 0.0951. The molecule has 1 atom stereocenters. The number of rotatable bonds is 4. The average molecular weight is 350 g/mol. The number of ether oxygens (including phenoxy) is 1. The monoisotopic (exact) mass is 350 g/mol. The van der Waals surface area contributed by atoms with Crippen molar-refractivity contribution in [3.63, 3.8) is 0 Å². The summed E-state index contributed by atoms with van der Waals surface area (Å²) < 4.78 is 5.96. The van der Waals surface area contributed by atoms with E-state index in [1.165, 1.54) is 0 Å². The molecule has 4 rings (SSSR count). The van der Waals surface area contributed by atoms with E-state index in [2.05, 4.69) is 29.7 Å². The number of amides is 2. The molecule has 5 nitrogen and oxygen atoms in total. The van der Waals surface area contributed by atoms with Crippen molar-refractivity contribution in [3.05, 3.63) is 64.7 Å². The van der Waals surface area contributed by atoms with Crippen molar-refractivity contribution < 1.29 is 14.3 Å². The number of fused-ring (bicyclic) bond motifs is 1. The molecule has 1 aliphatic heterocycles. The van der Waals surface area contributed by atoms with Crippen LogP contribution < -0.4 is 15.4 Å². The number of benzene rings is 2. The minimum Gasteiger partial charge on any atom is -0.491 e. The molecule has 0 aromatic heterocycles. The summed E-state index contributed by atoms with van der Waals surface area (Å²) in [6.45, 7) is 2.52. The molecule has 0 radical (unpaired) electrons. The summed E-state index contributed by atoms with van der Waals surface area (Å²) in [5.74, 6) is 0.182. The zero-order valence-electron chi connectivity index (χ0n) is 15.0. The summed E-state index contributed by atoms with van der Waals surface area (Å²) >= 11 is 0. The van der Waals surface area contributed by atoms with E-state index in [1.54, 1.807) is 13.1 Å². The summed E-state index contributed by atoms with van der Waals surface area (Å²) in [6.07, 6.45) is 2.04. The van der Waals surface area contributed by atoms with Gasteiger partial charge >= 0.3 is 0 Å². The first-order chi connectivity index (χ1) is 12.5. The van der Waals surface area contributed by atoms with E-state index in [9.17, 15) is 9.59 Å². The molecule has 2 aliphatic rings. The molecule has 0 unspecified atom stereocenters. The van der Waals surface area contributed by atoms with E-state index in [1.807, 2.05) is 24.3 Å². The molecule has 0 saturated heterocycles. The zero-order chi connectivity index (χ0) is 18.3. The molecular weight excluding hydrogens is 328 g/mol. The van der Waals surface area contributed by atoms with Crippen molar-refractivity contribution in [2.24, 2.45) is 0 Å². The van der Waals surface area contributed by atoms with Gasteiger partial charge in [-0.05, 0) is 37.5 Å². The second-order valence-electron chi connectivity index (χ2n) is 7.21. The van der Waals surface area contributed by atoms with Crippen LogP contribution in [0.2, 0.25) is 0 Å². The number of hydrogen-bond acceptors (Lipinski definition) is 3. The predicted octanol–water partition coefficient (Wildman–Crippen LogP) is 2.64. The Labute approximate surface area is 152 Å². The third-order valence-electron chi connectivity index (χ3n) is 5.25. The van der Waals surface area contributed by atoms with Gasteiger partial charge in [0, 0.05) is 24.2 Å². The second kappa shape index (κ2) is 6.16. The fourth-order valence-corrected chi connectivity index (χ4v) is 3.46. The van der Waals surface area contributed by atoms with Crippen molar-refractivity contribution >= 4 is 11.8 Å². The molecule has 1 heterocycles. The maximum absolute atomic E-state index is 12.6. The summed E-state index contributed by atoms with van der Waals surface area (Å²) in [6, 6.07) is 13.8. The van der Waals surface area contributed by atoms with Crippen LogP contribution in [0.5, 0.6) is 5.75 Å². The minimum absolute atomic E-state index is 0.136. The Morgan fingerprint density at radius 1 is 1.12 bits per heavy atom. The maximum Gasteiger partial charge on any atom is 0.254 e. The largest absolute Gasteiger partial charge is 0.491 e. The van der Waals surface area contributed by atoms with Gasteiger partial charge in [-0.15, -0.1) is 0 Å². The van der Waals surface area contributed by atoms with Crippen LogP contribution >= 0.6 is 0 Å². The van der Waals surface area contributed by atoms with Gasteiger partial charge in [0.25, 0.3) is 11.8 Å². The van der Waals surface area contributed by atoms with E-state index >= 15 is 0 Å². The first kappa shape index (κ1) is 16.6. The van der Waals surface area contributed by atoms with Crippen LogP contribution in [0, 0.1) is 0 Å². The van der Waals surface area contributed by atoms with Gasteiger partial charge < -0.3 is 15.4 Å². The van der Waals surface area contributed by atoms with Crippen LogP contribution in [-0.4, -0.2) is 31.5 Å². The number of nitrogens with one attached hydrogen (secondary N) is 2. The van der Waals surface area contributed by atoms with E-state index < -0.39 is 5.41 Å². The minimum atomic E-state index is -0.408. The van der Waals surface area contributed by atoms with Gasteiger partial charge in [-0.3, -0.25) is 9.59 Å².